The highest BCUT2D eigenvalue weighted by atomic mass is 16.7. The minimum Gasteiger partial charge on any atom is -0.384 e. The lowest BCUT2D eigenvalue weighted by molar-refractivity contribution is -0.129. The molecule has 3 heteroatoms. The third-order valence-electron chi connectivity index (χ3n) is 7.83. The van der Waals surface area contributed by atoms with Crippen LogP contribution in [0.2, 0.25) is 0 Å². The largest absolute Gasteiger partial charge is 0.384 e. The van der Waals surface area contributed by atoms with Gasteiger partial charge in [0.05, 0.1) is 13.2 Å². The number of aliphatic hydroxyl groups is 1. The molecule has 1 spiro atoms. The molecule has 1 fully saturated rings. The van der Waals surface area contributed by atoms with Crippen LogP contribution in [0.1, 0.15) is 28.4 Å². The molecule has 168 valence electrons. The lowest BCUT2D eigenvalue weighted by Crippen LogP contribution is -2.33. The smallest absolute Gasteiger partial charge is 0.224 e. The van der Waals surface area contributed by atoms with Crippen molar-refractivity contribution in [2.24, 2.45) is 0 Å². The second-order valence-corrected chi connectivity index (χ2v) is 9.48. The van der Waals surface area contributed by atoms with Crippen LogP contribution in [0.15, 0.2) is 97.1 Å². The molecule has 1 N–H and O–H groups in total. The summed E-state index contributed by atoms with van der Waals surface area (Å²) in [4.78, 5) is 0. The van der Waals surface area contributed by atoms with Crippen molar-refractivity contribution in [3.8, 4) is 33.4 Å². The normalized spacial score (nSPS) is 18.5. The van der Waals surface area contributed by atoms with Gasteiger partial charge in [0.1, 0.15) is 6.10 Å². The summed E-state index contributed by atoms with van der Waals surface area (Å²) < 4.78 is 13.1. The van der Waals surface area contributed by atoms with E-state index in [1.807, 2.05) is 24.3 Å². The molecule has 0 bridgehead atoms. The number of ether oxygens (including phenoxy) is 2. The molecule has 1 unspecified atom stereocenters. The van der Waals surface area contributed by atoms with Gasteiger partial charge in [-0.2, -0.15) is 0 Å². The van der Waals surface area contributed by atoms with Crippen molar-refractivity contribution in [1.29, 1.82) is 0 Å². The van der Waals surface area contributed by atoms with Gasteiger partial charge < -0.3 is 14.6 Å². The summed E-state index contributed by atoms with van der Waals surface area (Å²) in [5, 5.41) is 14.1. The first-order chi connectivity index (χ1) is 17.3. The van der Waals surface area contributed by atoms with Crippen molar-refractivity contribution in [3.05, 3.63) is 119 Å². The molecule has 1 atom stereocenters. The van der Waals surface area contributed by atoms with Gasteiger partial charge in [0.25, 0.3) is 0 Å². The standard InChI is InChI=1S/C32H22O3/c33-31-23-13-5-4-12-22(23)28-26(19-9-2-1-3-10-19)24-15-8-14-21-20-11-6-7-16-25(20)32(34-17-18-35-32)30(27(21)24)29(28)31/h1-16,31,33H,17-18H2. The average molecular weight is 455 g/mol. The molecular formula is C32H22O3. The molecule has 1 saturated heterocycles. The van der Waals surface area contributed by atoms with Gasteiger partial charge in [-0.05, 0) is 49.7 Å². The Hall–Kier alpha value is -3.76. The van der Waals surface area contributed by atoms with Gasteiger partial charge in [0, 0.05) is 16.7 Å². The maximum absolute atomic E-state index is 11.9. The first-order valence-electron chi connectivity index (χ1n) is 12.1. The first kappa shape index (κ1) is 19.5. The molecule has 5 aromatic carbocycles. The molecule has 8 rings (SSSR count). The van der Waals surface area contributed by atoms with Crippen molar-refractivity contribution in [2.75, 3.05) is 13.2 Å². The second-order valence-electron chi connectivity index (χ2n) is 9.48. The Morgan fingerprint density at radius 1 is 0.657 bits per heavy atom. The van der Waals surface area contributed by atoms with Crippen molar-refractivity contribution >= 4 is 10.8 Å². The minimum atomic E-state index is -1.04. The second kappa shape index (κ2) is 6.89. The molecule has 0 radical (unpaired) electrons. The van der Waals surface area contributed by atoms with Crippen LogP contribution in [0, 0.1) is 0 Å². The van der Waals surface area contributed by atoms with Crippen LogP contribution in [0.25, 0.3) is 44.2 Å². The topological polar surface area (TPSA) is 38.7 Å². The number of hydrogen-bond donors (Lipinski definition) is 1. The lowest BCUT2D eigenvalue weighted by atomic mass is 9.74. The van der Waals surface area contributed by atoms with E-state index in [-0.39, 0.29) is 0 Å². The van der Waals surface area contributed by atoms with E-state index in [4.69, 9.17) is 9.47 Å². The third-order valence-corrected chi connectivity index (χ3v) is 7.83. The molecular weight excluding hydrogens is 432 g/mol. The molecule has 3 aliphatic rings. The van der Waals surface area contributed by atoms with Crippen LogP contribution >= 0.6 is 0 Å². The number of benzene rings is 5. The Balaban J connectivity index is 1.65. The van der Waals surface area contributed by atoms with Gasteiger partial charge >= 0.3 is 0 Å². The highest BCUT2D eigenvalue weighted by Gasteiger charge is 2.51. The van der Waals surface area contributed by atoms with E-state index < -0.39 is 11.9 Å². The molecule has 3 nitrogen and oxygen atoms in total. The van der Waals surface area contributed by atoms with Gasteiger partial charge in [-0.1, -0.05) is 97.1 Å². The third kappa shape index (κ3) is 2.35. The van der Waals surface area contributed by atoms with E-state index in [0.29, 0.717) is 13.2 Å². The van der Waals surface area contributed by atoms with Crippen LogP contribution < -0.4 is 0 Å². The van der Waals surface area contributed by atoms with Gasteiger partial charge in [0.2, 0.25) is 5.79 Å². The number of aliphatic hydroxyl groups excluding tert-OH is 1. The maximum Gasteiger partial charge on any atom is 0.224 e. The highest BCUT2D eigenvalue weighted by molar-refractivity contribution is 6.15. The summed E-state index contributed by atoms with van der Waals surface area (Å²) in [7, 11) is 0. The van der Waals surface area contributed by atoms with E-state index in [2.05, 4.69) is 72.8 Å². The van der Waals surface area contributed by atoms with Gasteiger partial charge in [-0.15, -0.1) is 0 Å². The van der Waals surface area contributed by atoms with Crippen LogP contribution in [0.5, 0.6) is 0 Å². The van der Waals surface area contributed by atoms with Crippen molar-refractivity contribution in [1.82, 2.24) is 0 Å². The lowest BCUT2D eigenvalue weighted by Gasteiger charge is -2.38. The zero-order valence-corrected chi connectivity index (χ0v) is 19.0. The zero-order chi connectivity index (χ0) is 23.1. The molecule has 1 heterocycles. The maximum atomic E-state index is 11.9. The average Bonchev–Trinajstić information content (AvgIpc) is 3.51. The monoisotopic (exact) mass is 454 g/mol. The van der Waals surface area contributed by atoms with Crippen LogP contribution in [-0.2, 0) is 15.3 Å². The van der Waals surface area contributed by atoms with E-state index >= 15 is 0 Å². The summed E-state index contributed by atoms with van der Waals surface area (Å²) in [6.07, 6.45) is -0.758. The zero-order valence-electron chi connectivity index (χ0n) is 19.0. The van der Waals surface area contributed by atoms with E-state index in [1.165, 1.54) is 0 Å². The summed E-state index contributed by atoms with van der Waals surface area (Å²) in [6.45, 7) is 1.02. The Labute approximate surface area is 203 Å². The van der Waals surface area contributed by atoms with Crippen molar-refractivity contribution in [2.45, 2.75) is 11.9 Å². The molecule has 0 amide bonds. The van der Waals surface area contributed by atoms with Crippen molar-refractivity contribution < 1.29 is 14.6 Å². The summed E-state index contributed by atoms with van der Waals surface area (Å²) in [6, 6.07) is 33.6. The minimum absolute atomic E-state index is 0.510. The highest BCUT2D eigenvalue weighted by Crippen LogP contribution is 2.60. The predicted octanol–water partition coefficient (Wildman–Crippen LogP) is 6.80. The summed E-state index contributed by atoms with van der Waals surface area (Å²) in [5.41, 5.74) is 10.5. The summed E-state index contributed by atoms with van der Waals surface area (Å²) in [5.74, 6) is -1.04. The van der Waals surface area contributed by atoms with E-state index in [9.17, 15) is 5.11 Å². The Morgan fingerprint density at radius 3 is 2.17 bits per heavy atom. The first-order valence-corrected chi connectivity index (χ1v) is 12.1. The predicted molar refractivity (Wildman–Crippen MR) is 137 cm³/mol. The molecule has 0 saturated carbocycles. The molecule has 0 aromatic heterocycles. The number of rotatable bonds is 1. The fourth-order valence-electron chi connectivity index (χ4n) is 6.55. The Kier molecular flexibility index (Phi) is 3.85. The number of fused-ring (bicyclic) bond motifs is 8. The van der Waals surface area contributed by atoms with E-state index in [1.54, 1.807) is 0 Å². The SMILES string of the molecule is OC1c2ccccc2-c2c1c1c3c(cccc3c2-c2ccccc2)-c2ccccc2C12OCCO2. The summed E-state index contributed by atoms with van der Waals surface area (Å²) >= 11 is 0. The molecule has 5 aromatic rings. The van der Waals surface area contributed by atoms with Crippen LogP contribution in [-0.4, -0.2) is 18.3 Å². The molecule has 1 aliphatic heterocycles. The molecule has 2 aliphatic carbocycles. The van der Waals surface area contributed by atoms with Gasteiger partial charge in [-0.3, -0.25) is 0 Å². The van der Waals surface area contributed by atoms with Crippen molar-refractivity contribution in [3.63, 3.8) is 0 Å². The van der Waals surface area contributed by atoms with E-state index in [0.717, 1.165) is 66.4 Å². The molecule has 35 heavy (non-hydrogen) atoms. The Bertz CT molecular complexity index is 1660. The van der Waals surface area contributed by atoms with Crippen LogP contribution in [0.3, 0.4) is 0 Å². The van der Waals surface area contributed by atoms with Crippen LogP contribution in [0.4, 0.5) is 0 Å². The number of hydrogen-bond acceptors (Lipinski definition) is 3. The Morgan fingerprint density at radius 2 is 1.34 bits per heavy atom. The quantitative estimate of drug-likeness (QED) is 0.303. The van der Waals surface area contributed by atoms with Gasteiger partial charge in [0.15, 0.2) is 0 Å². The fourth-order valence-corrected chi connectivity index (χ4v) is 6.55. The fraction of sp³-hybridized carbons (Fsp3) is 0.125. The van der Waals surface area contributed by atoms with Gasteiger partial charge in [-0.25, -0.2) is 0 Å².